The number of carbonyl (C=O) groups excluding carboxylic acids is 9. The van der Waals surface area contributed by atoms with E-state index in [1.165, 1.54) is 84.6 Å². The molecule has 2 aromatic rings. The molecule has 0 aromatic heterocycles. The van der Waals surface area contributed by atoms with Crippen LogP contribution >= 0.6 is 0 Å². The van der Waals surface area contributed by atoms with E-state index in [-0.39, 0.29) is 16.7 Å². The van der Waals surface area contributed by atoms with Crippen molar-refractivity contribution in [3.05, 3.63) is 130 Å². The molecule has 0 spiro atoms. The minimum atomic E-state index is -0.837. The van der Waals surface area contributed by atoms with Crippen LogP contribution < -0.4 is 10.6 Å². The van der Waals surface area contributed by atoms with E-state index in [9.17, 15) is 43.2 Å². The van der Waals surface area contributed by atoms with E-state index in [1.807, 2.05) is 22.8 Å². The standard InChI is InChI=1S/C16H13N3O3.C15H20N2O3.C14H9N3O3/c1-18-14(20)13(15(21)19(2)16(18)22)8-4-6-11-5-3-7-12(9-11)10-17;1-16-13(18)12(14(19)17(2)15(16)20)10-6-9-11-7-4-3-5-8-11;15-8-10-5-2-1-4-9(10)6-3-7-11-12(18)16-14(20)17-13(11)19/h3-9H,1-2H3;6,9-11H,3-5,7-8H2,1-2H3;1-7H,(H2,16,17,18,19,20)/b6-4+;9-6+;6-3+. The molecule has 1 saturated carbocycles. The lowest BCUT2D eigenvalue weighted by Gasteiger charge is -2.28. The Morgan fingerprint density at radius 3 is 1.61 bits per heavy atom. The number of allylic oxidation sites excluding steroid dienone is 7. The molecule has 316 valence electrons. The van der Waals surface area contributed by atoms with Crippen LogP contribution in [0, 0.1) is 28.6 Å². The van der Waals surface area contributed by atoms with Gasteiger partial charge < -0.3 is 0 Å². The Balaban J connectivity index is 0.000000205. The molecule has 0 radical (unpaired) electrons. The van der Waals surface area contributed by atoms with Gasteiger partial charge in [-0.1, -0.05) is 86.1 Å². The first-order valence-corrected chi connectivity index (χ1v) is 19.1. The third kappa shape index (κ3) is 11.7. The Labute approximate surface area is 357 Å². The summed E-state index contributed by atoms with van der Waals surface area (Å²) in [6.07, 6.45) is 20.4. The zero-order chi connectivity index (χ0) is 45.5. The number of benzene rings is 2. The van der Waals surface area contributed by atoms with Crippen molar-refractivity contribution in [2.75, 3.05) is 28.2 Å². The fourth-order valence-corrected chi connectivity index (χ4v) is 6.21. The van der Waals surface area contributed by atoms with Crippen LogP contribution in [-0.4, -0.2) is 101 Å². The molecular weight excluding hydrogens is 797 g/mol. The number of hydrogen-bond donors (Lipinski definition) is 2. The van der Waals surface area contributed by atoms with E-state index in [4.69, 9.17) is 10.5 Å². The minimum absolute atomic E-state index is 0.0432. The molecule has 17 heteroatoms. The summed E-state index contributed by atoms with van der Waals surface area (Å²) in [4.78, 5) is 108. The van der Waals surface area contributed by atoms with Gasteiger partial charge in [0.1, 0.15) is 16.7 Å². The summed E-state index contributed by atoms with van der Waals surface area (Å²) in [7, 11) is 5.40. The van der Waals surface area contributed by atoms with Crippen molar-refractivity contribution in [2.45, 2.75) is 32.1 Å². The molecule has 4 fully saturated rings. The highest BCUT2D eigenvalue weighted by Crippen LogP contribution is 2.25. The second-order valence-corrected chi connectivity index (χ2v) is 13.9. The first kappa shape index (κ1) is 46.4. The molecule has 0 atom stereocenters. The van der Waals surface area contributed by atoms with Gasteiger partial charge in [-0.3, -0.25) is 59.0 Å². The van der Waals surface area contributed by atoms with Gasteiger partial charge in [0.15, 0.2) is 0 Å². The van der Waals surface area contributed by atoms with Crippen molar-refractivity contribution in [3.8, 4) is 12.1 Å². The number of nitriles is 2. The number of nitrogens with zero attached hydrogens (tertiary/aromatic N) is 6. The Morgan fingerprint density at radius 2 is 1.08 bits per heavy atom. The van der Waals surface area contributed by atoms with Gasteiger partial charge in [-0.15, -0.1) is 0 Å². The molecule has 6 rings (SSSR count). The molecule has 2 N–H and O–H groups in total. The molecule has 3 aliphatic heterocycles. The van der Waals surface area contributed by atoms with Gasteiger partial charge in [-0.25, -0.2) is 14.4 Å². The van der Waals surface area contributed by atoms with Crippen LogP contribution in [-0.2, 0) is 28.8 Å². The van der Waals surface area contributed by atoms with Gasteiger partial charge in [-0.2, -0.15) is 10.5 Å². The number of imide groups is 6. The zero-order valence-corrected chi connectivity index (χ0v) is 34.3. The van der Waals surface area contributed by atoms with Crippen molar-refractivity contribution in [1.82, 2.24) is 30.2 Å². The second kappa shape index (κ2) is 21.6. The molecule has 62 heavy (non-hydrogen) atoms. The number of rotatable bonds is 6. The number of urea groups is 3. The van der Waals surface area contributed by atoms with E-state index < -0.39 is 53.5 Å². The Morgan fingerprint density at radius 1 is 0.581 bits per heavy atom. The van der Waals surface area contributed by atoms with E-state index >= 15 is 0 Å². The predicted molar refractivity (Wildman–Crippen MR) is 224 cm³/mol. The van der Waals surface area contributed by atoms with Crippen molar-refractivity contribution in [3.63, 3.8) is 0 Å². The molecule has 12 amide bonds. The molecule has 0 bridgehead atoms. The summed E-state index contributed by atoms with van der Waals surface area (Å²) in [5, 5.41) is 21.7. The molecule has 3 heterocycles. The molecule has 0 unspecified atom stereocenters. The van der Waals surface area contributed by atoms with Crippen LogP contribution in [0.3, 0.4) is 0 Å². The lowest BCUT2D eigenvalue weighted by Crippen LogP contribution is -2.52. The second-order valence-electron chi connectivity index (χ2n) is 13.9. The highest BCUT2D eigenvalue weighted by Gasteiger charge is 2.38. The average Bonchev–Trinajstić information content (AvgIpc) is 3.27. The van der Waals surface area contributed by atoms with Gasteiger partial charge in [0, 0.05) is 28.2 Å². The smallest absolute Gasteiger partial charge is 0.273 e. The lowest BCUT2D eigenvalue weighted by atomic mass is 9.89. The van der Waals surface area contributed by atoms with E-state index in [0.717, 1.165) is 25.2 Å². The normalized spacial score (nSPS) is 17.4. The van der Waals surface area contributed by atoms with Crippen molar-refractivity contribution >= 4 is 65.7 Å². The predicted octanol–water partition coefficient (Wildman–Crippen LogP) is 4.51. The number of nitrogens with one attached hydrogen (secondary N) is 2. The number of carbonyl (C=O) groups is 9. The highest BCUT2D eigenvalue weighted by atomic mass is 16.2. The molecule has 3 saturated heterocycles. The number of amides is 12. The Hall–Kier alpha value is -8.31. The summed E-state index contributed by atoms with van der Waals surface area (Å²) in [5.74, 6) is -3.31. The van der Waals surface area contributed by atoms with Crippen LogP contribution in [0.5, 0.6) is 0 Å². The molecule has 2 aromatic carbocycles. The highest BCUT2D eigenvalue weighted by molar-refractivity contribution is 6.30. The molecule has 4 aliphatic rings. The third-order valence-corrected chi connectivity index (χ3v) is 9.71. The van der Waals surface area contributed by atoms with Gasteiger partial charge in [0.05, 0.1) is 23.3 Å². The zero-order valence-electron chi connectivity index (χ0n) is 34.3. The topological polar surface area (TPSA) is 238 Å². The third-order valence-electron chi connectivity index (χ3n) is 9.71. The van der Waals surface area contributed by atoms with E-state index in [0.29, 0.717) is 22.6 Å². The number of barbiturate groups is 3. The average molecular weight is 839 g/mol. The van der Waals surface area contributed by atoms with Crippen LogP contribution in [0.4, 0.5) is 14.4 Å². The first-order chi connectivity index (χ1) is 29.6. The molecular formula is C45H42N8O9. The van der Waals surface area contributed by atoms with Gasteiger partial charge in [0.25, 0.3) is 35.4 Å². The fourth-order valence-electron chi connectivity index (χ4n) is 6.21. The van der Waals surface area contributed by atoms with E-state index in [2.05, 4.69) is 6.08 Å². The number of likely N-dealkylation sites (N-methyl/N-ethyl adjacent to an activating group) is 4. The van der Waals surface area contributed by atoms with Crippen molar-refractivity contribution in [1.29, 1.82) is 10.5 Å². The van der Waals surface area contributed by atoms with E-state index in [1.54, 1.807) is 72.8 Å². The monoisotopic (exact) mass is 838 g/mol. The van der Waals surface area contributed by atoms with Crippen LogP contribution in [0.15, 0.2) is 108 Å². The molecule has 1 aliphatic carbocycles. The Bertz CT molecular complexity index is 2400. The summed E-state index contributed by atoms with van der Waals surface area (Å²) in [5.41, 5.74) is 2.22. The maximum Gasteiger partial charge on any atom is 0.333 e. The first-order valence-electron chi connectivity index (χ1n) is 19.1. The maximum absolute atomic E-state index is 11.9. The van der Waals surface area contributed by atoms with Crippen LogP contribution in [0.1, 0.15) is 54.4 Å². The fraction of sp³-hybridized carbons (Fsp3) is 0.222. The van der Waals surface area contributed by atoms with Crippen molar-refractivity contribution < 1.29 is 43.2 Å². The SMILES string of the molecule is CN1C(=O)C(=C/C=C/C2CCCCC2)C(=O)N(C)C1=O.CN1C(=O)C(=C/C=C/c2cccc(C#N)c2)C(=O)N(C)C1=O.N#Cc1ccccc1/C=C/C=C1C(=O)NC(=O)NC1=O. The lowest BCUT2D eigenvalue weighted by molar-refractivity contribution is -0.136. The maximum atomic E-state index is 11.9. The quantitative estimate of drug-likeness (QED) is 0.303. The largest absolute Gasteiger partial charge is 0.333 e. The molecule has 17 nitrogen and oxygen atoms in total. The van der Waals surface area contributed by atoms with Crippen molar-refractivity contribution in [2.24, 2.45) is 5.92 Å². The summed E-state index contributed by atoms with van der Waals surface area (Å²) in [6, 6.07) is 15.8. The van der Waals surface area contributed by atoms with Gasteiger partial charge in [-0.05, 0) is 66.3 Å². The van der Waals surface area contributed by atoms with Gasteiger partial charge in [0.2, 0.25) is 0 Å². The summed E-state index contributed by atoms with van der Waals surface area (Å²) >= 11 is 0. The van der Waals surface area contributed by atoms with Crippen LogP contribution in [0.2, 0.25) is 0 Å². The number of hydrogen-bond acceptors (Lipinski definition) is 11. The minimum Gasteiger partial charge on any atom is -0.273 e. The Kier molecular flexibility index (Phi) is 16.2. The van der Waals surface area contributed by atoms with Gasteiger partial charge >= 0.3 is 18.1 Å². The summed E-state index contributed by atoms with van der Waals surface area (Å²) in [6.45, 7) is 0. The van der Waals surface area contributed by atoms with Crippen LogP contribution in [0.25, 0.3) is 12.2 Å². The summed E-state index contributed by atoms with van der Waals surface area (Å²) < 4.78 is 0.